The summed E-state index contributed by atoms with van der Waals surface area (Å²) in [7, 11) is 0. The van der Waals surface area contributed by atoms with Crippen molar-refractivity contribution in [2.24, 2.45) is 0 Å². The lowest BCUT2D eigenvalue weighted by Gasteiger charge is -2.17. The monoisotopic (exact) mass is 280 g/mol. The van der Waals surface area contributed by atoms with Crippen LogP contribution in [0.1, 0.15) is 28.5 Å². The van der Waals surface area contributed by atoms with Gasteiger partial charge in [0, 0.05) is 12.2 Å². The van der Waals surface area contributed by atoms with Crippen molar-refractivity contribution in [3.05, 3.63) is 33.2 Å². The average Bonchev–Trinajstić information content (AvgIpc) is 2.74. The summed E-state index contributed by atoms with van der Waals surface area (Å²) in [5.74, 6) is -0.454. The number of aryl methyl sites for hydroxylation is 2. The Morgan fingerprint density at radius 3 is 2.75 bits per heavy atom. The number of aliphatic hydroxyl groups excluding tert-OH is 1. The van der Waals surface area contributed by atoms with Crippen LogP contribution in [-0.4, -0.2) is 40.9 Å². The van der Waals surface area contributed by atoms with Crippen molar-refractivity contribution >= 4 is 5.91 Å². The van der Waals surface area contributed by atoms with Gasteiger partial charge in [-0.3, -0.25) is 9.59 Å². The Labute approximate surface area is 117 Å². The third kappa shape index (κ3) is 2.62. The second-order valence-corrected chi connectivity index (χ2v) is 5.08. The minimum absolute atomic E-state index is 0.136. The Morgan fingerprint density at radius 2 is 2.20 bits per heavy atom. The minimum atomic E-state index is -0.724. The summed E-state index contributed by atoms with van der Waals surface area (Å²) >= 11 is 0. The number of aromatic nitrogens is 1. The predicted octanol–water partition coefficient (Wildman–Crippen LogP) is -0.0255. The van der Waals surface area contributed by atoms with Crippen LogP contribution in [0.4, 0.5) is 0 Å². The number of hydrogen-bond acceptors (Lipinski definition) is 4. The molecule has 2 heterocycles. The van der Waals surface area contributed by atoms with Crippen LogP contribution in [0.5, 0.6) is 0 Å². The fourth-order valence-electron chi connectivity index (χ4n) is 2.52. The van der Waals surface area contributed by atoms with Crippen LogP contribution in [-0.2, 0) is 11.3 Å². The maximum atomic E-state index is 12.3. The first-order valence-corrected chi connectivity index (χ1v) is 6.73. The molecule has 1 saturated heterocycles. The van der Waals surface area contributed by atoms with Crippen LogP contribution >= 0.6 is 0 Å². The quantitative estimate of drug-likeness (QED) is 0.815. The molecule has 2 atom stereocenters. The molecule has 2 unspecified atom stereocenters. The zero-order chi connectivity index (χ0) is 14.9. The van der Waals surface area contributed by atoms with E-state index in [0.717, 1.165) is 5.69 Å². The summed E-state index contributed by atoms with van der Waals surface area (Å²) in [5.41, 5.74) is 1.31. The predicted molar refractivity (Wildman–Crippen MR) is 73.9 cm³/mol. The van der Waals surface area contributed by atoms with Gasteiger partial charge in [-0.05, 0) is 32.4 Å². The molecule has 1 aromatic rings. The summed E-state index contributed by atoms with van der Waals surface area (Å²) < 4.78 is 6.64. The lowest BCUT2D eigenvalue weighted by molar-refractivity contribution is 0.0883. The van der Waals surface area contributed by atoms with Crippen molar-refractivity contribution < 1.29 is 14.6 Å². The number of nitrogens with zero attached hydrogens (tertiary/aromatic N) is 1. The minimum Gasteiger partial charge on any atom is -0.388 e. The SMILES string of the molecule is CCn1c(C)cc(C)c(C(=O)NC2COCC2O)c1=O. The third-order valence-corrected chi connectivity index (χ3v) is 3.61. The van der Waals surface area contributed by atoms with Gasteiger partial charge in [0.05, 0.1) is 25.4 Å². The number of carbonyl (C=O) groups is 1. The molecule has 0 aliphatic carbocycles. The normalized spacial score (nSPS) is 22.0. The smallest absolute Gasteiger partial charge is 0.263 e. The number of hydrogen-bond donors (Lipinski definition) is 2. The van der Waals surface area contributed by atoms with Gasteiger partial charge < -0.3 is 19.7 Å². The fraction of sp³-hybridized carbons (Fsp3) is 0.571. The largest absolute Gasteiger partial charge is 0.388 e. The number of carbonyl (C=O) groups excluding carboxylic acids is 1. The van der Waals surface area contributed by atoms with Crippen molar-refractivity contribution in [1.29, 1.82) is 0 Å². The van der Waals surface area contributed by atoms with E-state index in [9.17, 15) is 14.7 Å². The molecule has 2 rings (SSSR count). The van der Waals surface area contributed by atoms with Crippen molar-refractivity contribution in [3.8, 4) is 0 Å². The van der Waals surface area contributed by atoms with Gasteiger partial charge in [0.15, 0.2) is 0 Å². The number of ether oxygens (including phenoxy) is 1. The van der Waals surface area contributed by atoms with Gasteiger partial charge in [0.25, 0.3) is 11.5 Å². The summed E-state index contributed by atoms with van der Waals surface area (Å²) in [6, 6.07) is 1.36. The highest BCUT2D eigenvalue weighted by atomic mass is 16.5. The highest BCUT2D eigenvalue weighted by molar-refractivity contribution is 5.95. The molecule has 1 aliphatic rings. The first kappa shape index (κ1) is 14.7. The van der Waals surface area contributed by atoms with Crippen molar-refractivity contribution in [2.45, 2.75) is 39.5 Å². The lowest BCUT2D eigenvalue weighted by Crippen LogP contribution is -2.45. The van der Waals surface area contributed by atoms with E-state index in [1.807, 2.05) is 19.9 Å². The molecule has 0 radical (unpaired) electrons. The Kier molecular flexibility index (Phi) is 4.25. The molecular weight excluding hydrogens is 260 g/mol. The zero-order valence-corrected chi connectivity index (χ0v) is 12.0. The molecule has 1 aliphatic heterocycles. The van der Waals surface area contributed by atoms with Gasteiger partial charge >= 0.3 is 0 Å². The molecule has 1 aromatic heterocycles. The highest BCUT2D eigenvalue weighted by Crippen LogP contribution is 2.09. The molecule has 1 amide bonds. The first-order valence-electron chi connectivity index (χ1n) is 6.73. The third-order valence-electron chi connectivity index (χ3n) is 3.61. The molecule has 1 fully saturated rings. The van der Waals surface area contributed by atoms with Crippen molar-refractivity contribution in [3.63, 3.8) is 0 Å². The first-order chi connectivity index (χ1) is 9.45. The van der Waals surface area contributed by atoms with Gasteiger partial charge in [-0.2, -0.15) is 0 Å². The topological polar surface area (TPSA) is 80.6 Å². The van der Waals surface area contributed by atoms with Crippen LogP contribution in [0, 0.1) is 13.8 Å². The van der Waals surface area contributed by atoms with Crippen molar-refractivity contribution in [2.75, 3.05) is 13.2 Å². The van der Waals surface area contributed by atoms with E-state index in [1.54, 1.807) is 11.5 Å². The number of rotatable bonds is 3. The molecule has 6 nitrogen and oxygen atoms in total. The summed E-state index contributed by atoms with van der Waals surface area (Å²) in [6.07, 6.45) is -0.724. The van der Waals surface area contributed by atoms with E-state index in [1.165, 1.54) is 0 Å². The zero-order valence-electron chi connectivity index (χ0n) is 12.0. The maximum Gasteiger partial charge on any atom is 0.263 e. The van der Waals surface area contributed by atoms with Crippen LogP contribution < -0.4 is 10.9 Å². The molecule has 2 N–H and O–H groups in total. The number of amides is 1. The van der Waals surface area contributed by atoms with E-state index >= 15 is 0 Å². The van der Waals surface area contributed by atoms with E-state index in [0.29, 0.717) is 12.1 Å². The van der Waals surface area contributed by atoms with E-state index in [-0.39, 0.29) is 24.3 Å². The molecule has 0 aromatic carbocycles. The molecule has 0 bridgehead atoms. The second-order valence-electron chi connectivity index (χ2n) is 5.08. The van der Waals surface area contributed by atoms with Crippen LogP contribution in [0.15, 0.2) is 10.9 Å². The van der Waals surface area contributed by atoms with Gasteiger partial charge in [0.1, 0.15) is 5.56 Å². The maximum absolute atomic E-state index is 12.3. The number of pyridine rings is 1. The molecule has 20 heavy (non-hydrogen) atoms. The summed E-state index contributed by atoms with van der Waals surface area (Å²) in [5, 5.41) is 12.3. The van der Waals surface area contributed by atoms with Gasteiger partial charge in [-0.1, -0.05) is 0 Å². The van der Waals surface area contributed by atoms with E-state index < -0.39 is 18.1 Å². The summed E-state index contributed by atoms with van der Waals surface area (Å²) in [6.45, 7) is 6.43. The summed E-state index contributed by atoms with van der Waals surface area (Å²) in [4.78, 5) is 24.6. The molecular formula is C14H20N2O4. The molecule has 110 valence electrons. The highest BCUT2D eigenvalue weighted by Gasteiger charge is 2.29. The van der Waals surface area contributed by atoms with E-state index in [2.05, 4.69) is 5.32 Å². The number of nitrogens with one attached hydrogen (secondary N) is 1. The Hall–Kier alpha value is -1.66. The van der Waals surface area contributed by atoms with Crippen LogP contribution in [0.25, 0.3) is 0 Å². The number of aliphatic hydroxyl groups is 1. The average molecular weight is 280 g/mol. The van der Waals surface area contributed by atoms with Gasteiger partial charge in [-0.25, -0.2) is 0 Å². The van der Waals surface area contributed by atoms with Gasteiger partial charge in [-0.15, -0.1) is 0 Å². The molecule has 0 spiro atoms. The van der Waals surface area contributed by atoms with Crippen LogP contribution in [0.2, 0.25) is 0 Å². The molecule has 6 heteroatoms. The van der Waals surface area contributed by atoms with Crippen molar-refractivity contribution in [1.82, 2.24) is 9.88 Å². The Bertz CT molecular complexity index is 579. The Balaban J connectivity index is 2.32. The standard InChI is InChI=1S/C14H20N2O4/c1-4-16-9(3)5-8(2)12(14(16)19)13(18)15-10-6-20-7-11(10)17/h5,10-11,17H,4,6-7H2,1-3H3,(H,15,18). The van der Waals surface area contributed by atoms with E-state index in [4.69, 9.17) is 4.74 Å². The molecule has 0 saturated carbocycles. The van der Waals surface area contributed by atoms with Gasteiger partial charge in [0.2, 0.25) is 0 Å². The van der Waals surface area contributed by atoms with Crippen LogP contribution in [0.3, 0.4) is 0 Å². The second kappa shape index (κ2) is 5.76. The lowest BCUT2D eigenvalue weighted by atomic mass is 10.1. The fourth-order valence-corrected chi connectivity index (χ4v) is 2.52. The Morgan fingerprint density at radius 1 is 1.50 bits per heavy atom.